The van der Waals surface area contributed by atoms with E-state index in [1.807, 2.05) is 50.2 Å². The summed E-state index contributed by atoms with van der Waals surface area (Å²) >= 11 is 0. The minimum Gasteiger partial charge on any atom is -0.455 e. The SMILES string of the molecule is CCCCN(CC)S(=O)(=O)c1ccc(C(=O)Nc2ccccc2Oc2ccccc2)cc1. The van der Waals surface area contributed by atoms with Crippen LogP contribution in [0.15, 0.2) is 83.8 Å². The van der Waals surface area contributed by atoms with Gasteiger partial charge in [0, 0.05) is 18.7 Å². The number of para-hydroxylation sites is 3. The molecule has 0 heterocycles. The second-order valence-corrected chi connectivity index (χ2v) is 9.18. The van der Waals surface area contributed by atoms with Crippen LogP contribution in [0, 0.1) is 0 Å². The summed E-state index contributed by atoms with van der Waals surface area (Å²) in [6, 6.07) is 22.5. The fourth-order valence-corrected chi connectivity index (χ4v) is 4.67. The Bertz CT molecular complexity index is 1130. The number of hydrogen-bond donors (Lipinski definition) is 1. The third kappa shape index (κ3) is 5.75. The number of ether oxygens (including phenoxy) is 1. The highest BCUT2D eigenvalue weighted by atomic mass is 32.2. The monoisotopic (exact) mass is 452 g/mol. The van der Waals surface area contributed by atoms with Gasteiger partial charge in [0.15, 0.2) is 5.75 Å². The second kappa shape index (κ2) is 10.9. The zero-order valence-electron chi connectivity index (χ0n) is 18.3. The Labute approximate surface area is 189 Å². The second-order valence-electron chi connectivity index (χ2n) is 7.24. The number of rotatable bonds is 10. The van der Waals surface area contributed by atoms with Crippen LogP contribution < -0.4 is 10.1 Å². The average molecular weight is 453 g/mol. The summed E-state index contributed by atoms with van der Waals surface area (Å²) < 4.78 is 33.1. The number of sulfonamides is 1. The van der Waals surface area contributed by atoms with Gasteiger partial charge < -0.3 is 10.1 Å². The highest BCUT2D eigenvalue weighted by Gasteiger charge is 2.22. The zero-order chi connectivity index (χ0) is 23.0. The minimum atomic E-state index is -3.58. The predicted octanol–water partition coefficient (Wildman–Crippen LogP) is 5.54. The first-order valence-corrected chi connectivity index (χ1v) is 12.1. The van der Waals surface area contributed by atoms with Crippen LogP contribution in [-0.2, 0) is 10.0 Å². The molecule has 168 valence electrons. The van der Waals surface area contributed by atoms with Crippen molar-refractivity contribution in [2.45, 2.75) is 31.6 Å². The van der Waals surface area contributed by atoms with Crippen LogP contribution in [0.4, 0.5) is 5.69 Å². The van der Waals surface area contributed by atoms with Gasteiger partial charge in [-0.1, -0.05) is 50.6 Å². The Balaban J connectivity index is 1.75. The molecule has 1 N–H and O–H groups in total. The number of benzene rings is 3. The molecule has 0 aliphatic rings. The zero-order valence-corrected chi connectivity index (χ0v) is 19.1. The number of nitrogens with zero attached hydrogens (tertiary/aromatic N) is 1. The van der Waals surface area contributed by atoms with Crippen molar-refractivity contribution in [1.82, 2.24) is 4.31 Å². The molecule has 0 aromatic heterocycles. The molecule has 0 atom stereocenters. The molecule has 7 heteroatoms. The summed E-state index contributed by atoms with van der Waals surface area (Å²) in [6.07, 6.45) is 1.72. The third-order valence-electron chi connectivity index (χ3n) is 4.97. The number of nitrogens with one attached hydrogen (secondary N) is 1. The smallest absolute Gasteiger partial charge is 0.255 e. The van der Waals surface area contributed by atoms with E-state index in [2.05, 4.69) is 5.32 Å². The Kier molecular flexibility index (Phi) is 8.03. The Morgan fingerprint density at radius 1 is 0.906 bits per heavy atom. The van der Waals surface area contributed by atoms with Crippen LogP contribution in [0.5, 0.6) is 11.5 Å². The van der Waals surface area contributed by atoms with Crippen molar-refractivity contribution in [2.75, 3.05) is 18.4 Å². The predicted molar refractivity (Wildman–Crippen MR) is 127 cm³/mol. The molecular formula is C25H28N2O4S. The van der Waals surface area contributed by atoms with E-state index in [1.54, 1.807) is 18.2 Å². The molecule has 32 heavy (non-hydrogen) atoms. The van der Waals surface area contributed by atoms with E-state index in [9.17, 15) is 13.2 Å². The Morgan fingerprint density at radius 3 is 2.22 bits per heavy atom. The molecule has 1 amide bonds. The number of carbonyl (C=O) groups excluding carboxylic acids is 1. The van der Waals surface area contributed by atoms with Crippen LogP contribution in [0.3, 0.4) is 0 Å². The molecule has 0 fully saturated rings. The summed E-state index contributed by atoms with van der Waals surface area (Å²) in [6.45, 7) is 4.74. The molecule has 0 bridgehead atoms. The van der Waals surface area contributed by atoms with Gasteiger partial charge in [0.05, 0.1) is 10.6 Å². The normalized spacial score (nSPS) is 11.3. The van der Waals surface area contributed by atoms with E-state index in [4.69, 9.17) is 4.74 Å². The number of unbranched alkanes of at least 4 members (excludes halogenated alkanes) is 1. The molecule has 0 aliphatic carbocycles. The van der Waals surface area contributed by atoms with E-state index in [0.717, 1.165) is 12.8 Å². The van der Waals surface area contributed by atoms with Crippen molar-refractivity contribution in [1.29, 1.82) is 0 Å². The lowest BCUT2D eigenvalue weighted by Gasteiger charge is -2.20. The number of carbonyl (C=O) groups is 1. The maximum Gasteiger partial charge on any atom is 0.255 e. The number of amides is 1. The summed E-state index contributed by atoms with van der Waals surface area (Å²) in [4.78, 5) is 13.0. The lowest BCUT2D eigenvalue weighted by atomic mass is 10.2. The average Bonchev–Trinajstić information content (AvgIpc) is 2.81. The van der Waals surface area contributed by atoms with Gasteiger partial charge in [-0.2, -0.15) is 4.31 Å². The lowest BCUT2D eigenvalue weighted by Crippen LogP contribution is -2.31. The molecule has 3 rings (SSSR count). The van der Waals surface area contributed by atoms with E-state index >= 15 is 0 Å². The van der Waals surface area contributed by atoms with Gasteiger partial charge in [-0.15, -0.1) is 0 Å². The highest BCUT2D eigenvalue weighted by molar-refractivity contribution is 7.89. The first-order valence-electron chi connectivity index (χ1n) is 10.7. The van der Waals surface area contributed by atoms with Gasteiger partial charge in [-0.05, 0) is 55.0 Å². The summed E-state index contributed by atoms with van der Waals surface area (Å²) in [5.74, 6) is 0.824. The van der Waals surface area contributed by atoms with Crippen LogP contribution >= 0.6 is 0 Å². The minimum absolute atomic E-state index is 0.180. The molecular weight excluding hydrogens is 424 g/mol. The maximum atomic E-state index is 12.9. The third-order valence-corrected chi connectivity index (χ3v) is 6.96. The molecule has 0 spiro atoms. The maximum absolute atomic E-state index is 12.9. The molecule has 0 saturated heterocycles. The largest absolute Gasteiger partial charge is 0.455 e. The topological polar surface area (TPSA) is 75.7 Å². The van der Waals surface area contributed by atoms with Crippen LogP contribution in [0.25, 0.3) is 0 Å². The molecule has 3 aromatic carbocycles. The van der Waals surface area contributed by atoms with Crippen LogP contribution in [-0.4, -0.2) is 31.7 Å². The molecule has 3 aromatic rings. The van der Waals surface area contributed by atoms with Gasteiger partial charge in [-0.3, -0.25) is 4.79 Å². The van der Waals surface area contributed by atoms with Gasteiger partial charge in [0.1, 0.15) is 5.75 Å². The van der Waals surface area contributed by atoms with Crippen molar-refractivity contribution < 1.29 is 17.9 Å². The first-order chi connectivity index (χ1) is 15.5. The van der Waals surface area contributed by atoms with E-state index in [0.29, 0.717) is 35.8 Å². The molecule has 0 unspecified atom stereocenters. The fourth-order valence-electron chi connectivity index (χ4n) is 3.18. The number of hydrogen-bond acceptors (Lipinski definition) is 4. The standard InChI is InChI=1S/C25H28N2O4S/c1-3-5-19-27(4-2)32(29,30)22-17-15-20(16-18-22)25(28)26-23-13-9-10-14-24(23)31-21-11-7-6-8-12-21/h6-18H,3-5,19H2,1-2H3,(H,26,28). The molecule has 0 radical (unpaired) electrons. The van der Waals surface area contributed by atoms with Crippen LogP contribution in [0.1, 0.15) is 37.0 Å². The van der Waals surface area contributed by atoms with E-state index in [-0.39, 0.29) is 10.8 Å². The highest BCUT2D eigenvalue weighted by Crippen LogP contribution is 2.29. The van der Waals surface area contributed by atoms with E-state index in [1.165, 1.54) is 28.6 Å². The summed E-state index contributed by atoms with van der Waals surface area (Å²) in [7, 11) is -3.58. The van der Waals surface area contributed by atoms with E-state index < -0.39 is 10.0 Å². The van der Waals surface area contributed by atoms with Crippen molar-refractivity contribution >= 4 is 21.6 Å². The van der Waals surface area contributed by atoms with Crippen molar-refractivity contribution in [3.05, 3.63) is 84.4 Å². The van der Waals surface area contributed by atoms with Crippen molar-refractivity contribution in [3.8, 4) is 11.5 Å². The summed E-state index contributed by atoms with van der Waals surface area (Å²) in [5.41, 5.74) is 0.879. The lowest BCUT2D eigenvalue weighted by molar-refractivity contribution is 0.102. The van der Waals surface area contributed by atoms with Crippen molar-refractivity contribution in [3.63, 3.8) is 0 Å². The fraction of sp³-hybridized carbons (Fsp3) is 0.240. The van der Waals surface area contributed by atoms with Crippen LogP contribution in [0.2, 0.25) is 0 Å². The van der Waals surface area contributed by atoms with Gasteiger partial charge in [-0.25, -0.2) is 8.42 Å². The molecule has 6 nitrogen and oxygen atoms in total. The quantitative estimate of drug-likeness (QED) is 0.438. The Hall–Kier alpha value is -3.16. The van der Waals surface area contributed by atoms with Gasteiger partial charge in [0.25, 0.3) is 5.91 Å². The molecule has 0 aliphatic heterocycles. The Morgan fingerprint density at radius 2 is 1.56 bits per heavy atom. The summed E-state index contributed by atoms with van der Waals surface area (Å²) in [5, 5.41) is 2.84. The first kappa shape index (κ1) is 23.5. The molecule has 0 saturated carbocycles. The van der Waals surface area contributed by atoms with Gasteiger partial charge >= 0.3 is 0 Å². The number of anilines is 1. The van der Waals surface area contributed by atoms with Crippen molar-refractivity contribution in [2.24, 2.45) is 0 Å². The van der Waals surface area contributed by atoms with Gasteiger partial charge in [0.2, 0.25) is 10.0 Å².